The average molecular weight is 399 g/mol. The molecule has 1 N–H and O–H groups in total. The lowest BCUT2D eigenvalue weighted by atomic mass is 10.1. The summed E-state index contributed by atoms with van der Waals surface area (Å²) in [5.74, 6) is -1.61. The van der Waals surface area contributed by atoms with Crippen molar-refractivity contribution in [1.82, 2.24) is 4.90 Å². The van der Waals surface area contributed by atoms with Gasteiger partial charge in [-0.2, -0.15) is 0 Å². The van der Waals surface area contributed by atoms with Gasteiger partial charge in [0.1, 0.15) is 6.54 Å². The average Bonchev–Trinajstić information content (AvgIpc) is 2.87. The smallest absolute Gasteiger partial charge is 0.262 e. The fourth-order valence-corrected chi connectivity index (χ4v) is 3.37. The molecular weight excluding hydrogens is 387 g/mol. The Hall–Kier alpha value is -2.89. The van der Waals surface area contributed by atoms with Crippen molar-refractivity contribution in [1.29, 1.82) is 0 Å². The molecule has 1 aliphatic heterocycles. The molecule has 3 aromatic carbocycles. The van der Waals surface area contributed by atoms with Crippen molar-refractivity contribution >= 4 is 57.4 Å². The molecule has 4 rings (SSSR count). The van der Waals surface area contributed by atoms with Gasteiger partial charge in [0, 0.05) is 5.69 Å². The zero-order valence-corrected chi connectivity index (χ0v) is 15.3. The molecule has 0 saturated heterocycles. The second-order valence-corrected chi connectivity index (χ2v) is 6.93. The van der Waals surface area contributed by atoms with Crippen LogP contribution in [-0.4, -0.2) is 29.2 Å². The Balaban J connectivity index is 1.52. The number of anilines is 1. The molecule has 0 unspecified atom stereocenters. The lowest BCUT2D eigenvalue weighted by Crippen LogP contribution is -2.37. The number of nitrogens with one attached hydrogen (secondary N) is 1. The van der Waals surface area contributed by atoms with E-state index in [1.807, 2.05) is 36.4 Å². The third-order valence-electron chi connectivity index (χ3n) is 4.35. The Morgan fingerprint density at radius 2 is 1.44 bits per heavy atom. The van der Waals surface area contributed by atoms with Crippen molar-refractivity contribution in [3.8, 4) is 0 Å². The molecule has 3 aromatic rings. The number of benzene rings is 3. The largest absolute Gasteiger partial charge is 0.325 e. The predicted octanol–water partition coefficient (Wildman–Crippen LogP) is 4.38. The summed E-state index contributed by atoms with van der Waals surface area (Å²) < 4.78 is 0. The van der Waals surface area contributed by atoms with Crippen LogP contribution in [0, 0.1) is 0 Å². The fourth-order valence-electron chi connectivity index (χ4n) is 3.04. The minimum Gasteiger partial charge on any atom is -0.325 e. The van der Waals surface area contributed by atoms with Crippen LogP contribution in [0.2, 0.25) is 10.0 Å². The van der Waals surface area contributed by atoms with Crippen molar-refractivity contribution in [3.05, 3.63) is 75.8 Å². The quantitative estimate of drug-likeness (QED) is 0.665. The first kappa shape index (κ1) is 17.5. The van der Waals surface area contributed by atoms with Crippen LogP contribution < -0.4 is 5.32 Å². The number of rotatable bonds is 3. The van der Waals surface area contributed by atoms with Gasteiger partial charge in [-0.25, -0.2) is 0 Å². The fraction of sp³-hybridized carbons (Fsp3) is 0.0500. The van der Waals surface area contributed by atoms with Crippen LogP contribution in [0.15, 0.2) is 54.6 Å². The first-order valence-electron chi connectivity index (χ1n) is 8.08. The van der Waals surface area contributed by atoms with E-state index in [1.54, 1.807) is 6.07 Å². The van der Waals surface area contributed by atoms with Gasteiger partial charge in [0.25, 0.3) is 11.8 Å². The van der Waals surface area contributed by atoms with Gasteiger partial charge >= 0.3 is 0 Å². The van der Waals surface area contributed by atoms with E-state index in [9.17, 15) is 14.4 Å². The molecule has 0 bridgehead atoms. The summed E-state index contributed by atoms with van der Waals surface area (Å²) in [5, 5.41) is 5.09. The maximum absolute atomic E-state index is 12.5. The van der Waals surface area contributed by atoms with E-state index in [0.717, 1.165) is 15.7 Å². The Morgan fingerprint density at radius 3 is 2.07 bits per heavy atom. The van der Waals surface area contributed by atoms with Gasteiger partial charge in [-0.1, -0.05) is 53.5 Å². The topological polar surface area (TPSA) is 66.5 Å². The molecule has 7 heteroatoms. The highest BCUT2D eigenvalue weighted by Gasteiger charge is 2.37. The van der Waals surface area contributed by atoms with Crippen LogP contribution in [0.3, 0.4) is 0 Å². The molecule has 134 valence electrons. The summed E-state index contributed by atoms with van der Waals surface area (Å²) in [5.41, 5.74) is 0.877. The molecule has 0 fully saturated rings. The number of amides is 3. The zero-order valence-electron chi connectivity index (χ0n) is 13.8. The third-order valence-corrected chi connectivity index (χ3v) is 5.07. The molecule has 0 aliphatic carbocycles. The molecule has 27 heavy (non-hydrogen) atoms. The van der Waals surface area contributed by atoms with Gasteiger partial charge in [-0.3, -0.25) is 19.3 Å². The maximum Gasteiger partial charge on any atom is 0.262 e. The number of fused-ring (bicyclic) bond motifs is 2. The SMILES string of the molecule is O=C(CN1C(=O)c2cc(Cl)c(Cl)cc2C1=O)Nc1ccc2ccccc2c1. The first-order valence-corrected chi connectivity index (χ1v) is 8.83. The minimum atomic E-state index is -0.567. The summed E-state index contributed by atoms with van der Waals surface area (Å²) in [4.78, 5) is 38.2. The van der Waals surface area contributed by atoms with Gasteiger partial charge < -0.3 is 5.32 Å². The van der Waals surface area contributed by atoms with E-state index in [-0.39, 0.29) is 21.2 Å². The van der Waals surface area contributed by atoms with Crippen LogP contribution in [0.4, 0.5) is 5.69 Å². The minimum absolute atomic E-state index is 0.146. The second kappa shape index (κ2) is 6.68. The van der Waals surface area contributed by atoms with Crippen molar-refractivity contribution in [2.24, 2.45) is 0 Å². The number of halogens is 2. The van der Waals surface area contributed by atoms with Gasteiger partial charge in [-0.15, -0.1) is 0 Å². The molecule has 0 radical (unpaired) electrons. The van der Waals surface area contributed by atoms with Crippen LogP contribution in [-0.2, 0) is 4.79 Å². The molecule has 0 atom stereocenters. The highest BCUT2D eigenvalue weighted by atomic mass is 35.5. The second-order valence-electron chi connectivity index (χ2n) is 6.12. The van der Waals surface area contributed by atoms with Gasteiger partial charge in [0.05, 0.1) is 21.2 Å². The third kappa shape index (κ3) is 3.16. The van der Waals surface area contributed by atoms with Gasteiger partial charge in [0.2, 0.25) is 5.91 Å². The number of hydrogen-bond acceptors (Lipinski definition) is 3. The van der Waals surface area contributed by atoms with Crippen LogP contribution >= 0.6 is 23.2 Å². The molecule has 0 aromatic heterocycles. The predicted molar refractivity (Wildman–Crippen MR) is 104 cm³/mol. The lowest BCUT2D eigenvalue weighted by Gasteiger charge is -2.14. The monoisotopic (exact) mass is 398 g/mol. The highest BCUT2D eigenvalue weighted by Crippen LogP contribution is 2.31. The van der Waals surface area contributed by atoms with E-state index in [1.165, 1.54) is 12.1 Å². The molecule has 0 spiro atoms. The number of imide groups is 1. The highest BCUT2D eigenvalue weighted by molar-refractivity contribution is 6.43. The molecule has 1 aliphatic rings. The standard InChI is InChI=1S/C20H12Cl2N2O3/c21-16-8-14-15(9-17(16)22)20(27)24(19(14)26)10-18(25)23-13-6-5-11-3-1-2-4-12(11)7-13/h1-9H,10H2,(H,23,25). The van der Waals surface area contributed by atoms with Crippen LogP contribution in [0.1, 0.15) is 20.7 Å². The summed E-state index contributed by atoms with van der Waals surface area (Å²) in [6, 6.07) is 15.9. The Bertz CT molecular complexity index is 1090. The first-order chi connectivity index (χ1) is 12.9. The lowest BCUT2D eigenvalue weighted by molar-refractivity contribution is -0.116. The van der Waals surface area contributed by atoms with E-state index in [2.05, 4.69) is 5.32 Å². The van der Waals surface area contributed by atoms with Gasteiger partial charge in [-0.05, 0) is 35.0 Å². The van der Waals surface area contributed by atoms with Crippen molar-refractivity contribution in [2.75, 3.05) is 11.9 Å². The number of hydrogen-bond donors (Lipinski definition) is 1. The Morgan fingerprint density at radius 1 is 0.852 bits per heavy atom. The summed E-state index contributed by atoms with van der Waals surface area (Å²) in [7, 11) is 0. The van der Waals surface area contributed by atoms with Crippen LogP contribution in [0.5, 0.6) is 0 Å². The summed E-state index contributed by atoms with van der Waals surface area (Å²) in [6.45, 7) is -0.394. The van der Waals surface area contributed by atoms with Crippen LogP contribution in [0.25, 0.3) is 10.8 Å². The van der Waals surface area contributed by atoms with E-state index in [0.29, 0.717) is 5.69 Å². The van der Waals surface area contributed by atoms with E-state index >= 15 is 0 Å². The van der Waals surface area contributed by atoms with Crippen molar-refractivity contribution in [2.45, 2.75) is 0 Å². The summed E-state index contributed by atoms with van der Waals surface area (Å²) in [6.07, 6.45) is 0. The van der Waals surface area contributed by atoms with Gasteiger partial charge in [0.15, 0.2) is 0 Å². The van der Waals surface area contributed by atoms with E-state index < -0.39 is 24.3 Å². The maximum atomic E-state index is 12.5. The molecule has 0 saturated carbocycles. The van der Waals surface area contributed by atoms with E-state index in [4.69, 9.17) is 23.2 Å². The molecular formula is C20H12Cl2N2O3. The number of nitrogens with zero attached hydrogens (tertiary/aromatic N) is 1. The van der Waals surface area contributed by atoms with Crippen molar-refractivity contribution in [3.63, 3.8) is 0 Å². The summed E-state index contributed by atoms with van der Waals surface area (Å²) >= 11 is 11.8. The number of carbonyl (C=O) groups is 3. The molecule has 1 heterocycles. The zero-order chi connectivity index (χ0) is 19.1. The number of carbonyl (C=O) groups excluding carboxylic acids is 3. The Kier molecular flexibility index (Phi) is 4.34. The normalized spacial score (nSPS) is 13.2. The molecule has 3 amide bonds. The molecule has 5 nitrogen and oxygen atoms in total. The Labute approximate surface area is 164 Å². The van der Waals surface area contributed by atoms with Crippen molar-refractivity contribution < 1.29 is 14.4 Å².